The molecule has 0 fully saturated rings. The van der Waals surface area contributed by atoms with Crippen molar-refractivity contribution in [2.45, 2.75) is 0 Å². The summed E-state index contributed by atoms with van der Waals surface area (Å²) < 4.78 is 0. The quantitative estimate of drug-likeness (QED) is 0.874. The zero-order valence-corrected chi connectivity index (χ0v) is 12.1. The Hall–Kier alpha value is -3.21. The maximum atomic E-state index is 12.9. The number of Topliss-reactive ketones (excluding diaryl/α,β-unsaturated/α-hetero) is 2. The maximum absolute atomic E-state index is 12.9. The fraction of sp³-hybridized carbons (Fsp3) is 0.0556. The van der Waals surface area contributed by atoms with Crippen LogP contribution in [0.5, 0.6) is 0 Å². The van der Waals surface area contributed by atoms with Crippen LogP contribution in [0.2, 0.25) is 0 Å². The van der Waals surface area contributed by atoms with Gasteiger partial charge in [-0.3, -0.25) is 14.4 Å². The van der Waals surface area contributed by atoms with Crippen molar-refractivity contribution in [3.8, 4) is 0 Å². The van der Waals surface area contributed by atoms with Crippen LogP contribution in [0.25, 0.3) is 0 Å². The molecule has 0 aromatic heterocycles. The number of allylic oxidation sites excluding steroid dienone is 2. The van der Waals surface area contributed by atoms with Crippen molar-refractivity contribution in [2.75, 3.05) is 11.4 Å². The minimum Gasteiger partial charge on any atom is -0.327 e. The van der Waals surface area contributed by atoms with Crippen molar-refractivity contribution in [1.82, 2.24) is 5.32 Å². The van der Waals surface area contributed by atoms with E-state index in [9.17, 15) is 14.4 Å². The molecule has 5 heteroatoms. The molecule has 4 rings (SSSR count). The number of carbonyl (C=O) groups is 3. The lowest BCUT2D eigenvalue weighted by atomic mass is 9.88. The highest BCUT2D eigenvalue weighted by Gasteiger charge is 2.39. The van der Waals surface area contributed by atoms with Gasteiger partial charge >= 0.3 is 0 Å². The van der Waals surface area contributed by atoms with Crippen LogP contribution in [-0.2, 0) is 4.79 Å². The predicted octanol–water partition coefficient (Wildman–Crippen LogP) is 1.91. The number of amides is 1. The average Bonchev–Trinajstić information content (AvgIpc) is 2.59. The van der Waals surface area contributed by atoms with E-state index in [2.05, 4.69) is 5.32 Å². The molecule has 0 saturated heterocycles. The Balaban J connectivity index is 1.93. The third kappa shape index (κ3) is 1.97. The number of fused-ring (bicyclic) bond motifs is 1. The molecule has 0 bridgehead atoms. The summed E-state index contributed by atoms with van der Waals surface area (Å²) in [5.41, 5.74) is 1.70. The van der Waals surface area contributed by atoms with E-state index in [1.54, 1.807) is 29.2 Å². The van der Waals surface area contributed by atoms with Crippen molar-refractivity contribution in [2.24, 2.45) is 0 Å². The van der Waals surface area contributed by atoms with Gasteiger partial charge in [-0.25, -0.2) is 0 Å². The third-order valence-electron chi connectivity index (χ3n) is 4.00. The number of hydrogen-bond acceptors (Lipinski definition) is 4. The SMILES string of the molecule is O=C1CN(c2ccccc2)C2=C(N1)C(=O)c1ccccc1C2=O. The van der Waals surface area contributed by atoms with Gasteiger partial charge in [0, 0.05) is 16.8 Å². The molecule has 0 atom stereocenters. The van der Waals surface area contributed by atoms with Crippen molar-refractivity contribution in [3.05, 3.63) is 77.1 Å². The van der Waals surface area contributed by atoms with E-state index in [4.69, 9.17) is 0 Å². The molecule has 0 saturated carbocycles. The van der Waals surface area contributed by atoms with Crippen molar-refractivity contribution in [3.63, 3.8) is 0 Å². The topological polar surface area (TPSA) is 66.5 Å². The molecule has 1 N–H and O–H groups in total. The van der Waals surface area contributed by atoms with Crippen LogP contribution in [0.3, 0.4) is 0 Å². The van der Waals surface area contributed by atoms with Crippen LogP contribution < -0.4 is 10.2 Å². The molecule has 0 spiro atoms. The second-order valence-electron chi connectivity index (χ2n) is 5.40. The maximum Gasteiger partial charge on any atom is 0.244 e. The monoisotopic (exact) mass is 304 g/mol. The number of rotatable bonds is 1. The molecule has 1 heterocycles. The third-order valence-corrected chi connectivity index (χ3v) is 4.00. The summed E-state index contributed by atoms with van der Waals surface area (Å²) in [4.78, 5) is 39.2. The van der Waals surface area contributed by atoms with Gasteiger partial charge in [0.25, 0.3) is 0 Å². The molecule has 0 unspecified atom stereocenters. The fourth-order valence-electron chi connectivity index (χ4n) is 2.97. The van der Waals surface area contributed by atoms with Crippen molar-refractivity contribution >= 4 is 23.2 Å². The highest BCUT2D eigenvalue weighted by atomic mass is 16.2. The Labute approximate surface area is 132 Å². The van der Waals surface area contributed by atoms with E-state index < -0.39 is 0 Å². The number of carbonyl (C=O) groups excluding carboxylic acids is 3. The Bertz CT molecular complexity index is 884. The summed E-state index contributed by atoms with van der Waals surface area (Å²) in [6.45, 7) is 0.00400. The van der Waals surface area contributed by atoms with Crippen LogP contribution >= 0.6 is 0 Å². The molecule has 112 valence electrons. The van der Waals surface area contributed by atoms with Crippen LogP contribution in [-0.4, -0.2) is 24.0 Å². The number of nitrogens with one attached hydrogen (secondary N) is 1. The van der Waals surface area contributed by atoms with Gasteiger partial charge in [0.05, 0.1) is 0 Å². The van der Waals surface area contributed by atoms with E-state index in [1.807, 2.05) is 30.3 Å². The first-order valence-electron chi connectivity index (χ1n) is 7.22. The Morgan fingerprint density at radius 1 is 0.783 bits per heavy atom. The highest BCUT2D eigenvalue weighted by molar-refractivity contribution is 6.29. The van der Waals surface area contributed by atoms with E-state index >= 15 is 0 Å². The number of anilines is 1. The molecule has 1 aliphatic carbocycles. The Kier molecular flexibility index (Phi) is 2.87. The standard InChI is InChI=1S/C18H12N2O3/c21-14-10-20(11-6-2-1-3-7-11)16-15(19-14)17(22)12-8-4-5-9-13(12)18(16)23/h1-9H,10H2,(H,19,21). The summed E-state index contributed by atoms with van der Waals surface area (Å²) in [7, 11) is 0. The van der Waals surface area contributed by atoms with E-state index in [1.165, 1.54) is 0 Å². The van der Waals surface area contributed by atoms with Gasteiger partial charge in [-0.2, -0.15) is 0 Å². The van der Waals surface area contributed by atoms with Gasteiger partial charge in [-0.05, 0) is 12.1 Å². The second kappa shape index (κ2) is 4.91. The molecule has 2 aromatic rings. The summed E-state index contributed by atoms with van der Waals surface area (Å²) >= 11 is 0. The number of ketones is 2. The molecule has 1 amide bonds. The Morgan fingerprint density at radius 3 is 2.09 bits per heavy atom. The van der Waals surface area contributed by atoms with Crippen molar-refractivity contribution < 1.29 is 14.4 Å². The lowest BCUT2D eigenvalue weighted by Gasteiger charge is -2.34. The molecular formula is C18H12N2O3. The fourth-order valence-corrected chi connectivity index (χ4v) is 2.97. The van der Waals surface area contributed by atoms with Crippen molar-refractivity contribution in [1.29, 1.82) is 0 Å². The molecule has 23 heavy (non-hydrogen) atoms. The van der Waals surface area contributed by atoms with Gasteiger partial charge in [-0.15, -0.1) is 0 Å². The van der Waals surface area contributed by atoms with Gasteiger partial charge in [-0.1, -0.05) is 42.5 Å². The number of nitrogens with zero attached hydrogens (tertiary/aromatic N) is 1. The van der Waals surface area contributed by atoms with E-state index in [0.29, 0.717) is 16.8 Å². The van der Waals surface area contributed by atoms with E-state index in [-0.39, 0.29) is 35.4 Å². The smallest absolute Gasteiger partial charge is 0.244 e. The molecule has 2 aromatic carbocycles. The van der Waals surface area contributed by atoms with Gasteiger partial charge < -0.3 is 10.2 Å². The summed E-state index contributed by atoms with van der Waals surface area (Å²) in [6, 6.07) is 15.8. The molecular weight excluding hydrogens is 292 g/mol. The average molecular weight is 304 g/mol. The lowest BCUT2D eigenvalue weighted by molar-refractivity contribution is -0.119. The van der Waals surface area contributed by atoms with E-state index in [0.717, 1.165) is 0 Å². The van der Waals surface area contributed by atoms with Crippen LogP contribution in [0.1, 0.15) is 20.7 Å². The highest BCUT2D eigenvalue weighted by Crippen LogP contribution is 2.32. The first-order chi connectivity index (χ1) is 11.2. The second-order valence-corrected chi connectivity index (χ2v) is 5.40. The number of hydrogen-bond donors (Lipinski definition) is 1. The molecule has 2 aliphatic rings. The lowest BCUT2D eigenvalue weighted by Crippen LogP contribution is -2.49. The first-order valence-corrected chi connectivity index (χ1v) is 7.22. The number of para-hydroxylation sites is 1. The minimum atomic E-state index is -0.329. The van der Waals surface area contributed by atoms with Crippen LogP contribution in [0, 0.1) is 0 Å². The van der Waals surface area contributed by atoms with Gasteiger partial charge in [0.2, 0.25) is 17.5 Å². The van der Waals surface area contributed by atoms with Gasteiger partial charge in [0.1, 0.15) is 17.9 Å². The summed E-state index contributed by atoms with van der Waals surface area (Å²) in [5.74, 6) is -0.892. The minimum absolute atomic E-state index is 0.00400. The van der Waals surface area contributed by atoms with Crippen LogP contribution in [0.4, 0.5) is 5.69 Å². The van der Waals surface area contributed by atoms with Gasteiger partial charge in [0.15, 0.2) is 0 Å². The molecule has 0 radical (unpaired) electrons. The summed E-state index contributed by atoms with van der Waals surface area (Å²) in [6.07, 6.45) is 0. The molecule has 5 nitrogen and oxygen atoms in total. The first kappa shape index (κ1) is 13.5. The zero-order valence-electron chi connectivity index (χ0n) is 12.1. The van der Waals surface area contributed by atoms with Crippen LogP contribution in [0.15, 0.2) is 66.0 Å². The number of benzene rings is 2. The Morgan fingerprint density at radius 2 is 1.39 bits per heavy atom. The molecule has 1 aliphatic heterocycles. The largest absolute Gasteiger partial charge is 0.327 e. The predicted molar refractivity (Wildman–Crippen MR) is 84.1 cm³/mol. The normalized spacial score (nSPS) is 16.9. The zero-order chi connectivity index (χ0) is 16.0. The summed E-state index contributed by atoms with van der Waals surface area (Å²) in [5, 5.41) is 2.57.